The number of aromatic nitrogens is 2. The minimum atomic E-state index is -0.526. The lowest BCUT2D eigenvalue weighted by Gasteiger charge is -2.32. The van der Waals surface area contributed by atoms with Crippen LogP contribution in [0.2, 0.25) is 0 Å². The molecule has 1 unspecified atom stereocenters. The van der Waals surface area contributed by atoms with Crippen LogP contribution in [0, 0.1) is 5.82 Å². The van der Waals surface area contributed by atoms with Gasteiger partial charge in [0.25, 0.3) is 5.91 Å². The van der Waals surface area contributed by atoms with Crippen molar-refractivity contribution >= 4 is 23.6 Å². The minimum Gasteiger partial charge on any atom is -0.391 e. The van der Waals surface area contributed by atoms with Crippen molar-refractivity contribution in [2.45, 2.75) is 44.8 Å². The molecule has 0 saturated carbocycles. The first-order valence-corrected chi connectivity index (χ1v) is 10.9. The summed E-state index contributed by atoms with van der Waals surface area (Å²) in [5, 5.41) is 13.0. The molecule has 2 saturated heterocycles. The van der Waals surface area contributed by atoms with E-state index in [-0.39, 0.29) is 30.2 Å². The third kappa shape index (κ3) is 4.95. The Kier molecular flexibility index (Phi) is 6.35. The molecule has 0 aromatic carbocycles. The van der Waals surface area contributed by atoms with Gasteiger partial charge in [-0.3, -0.25) is 9.59 Å². The second-order valence-corrected chi connectivity index (χ2v) is 8.42. The number of carbonyl (C=O) groups excluding carboxylic acids is 2. The number of piperidine rings is 1. The van der Waals surface area contributed by atoms with Gasteiger partial charge in [-0.1, -0.05) is 6.08 Å². The van der Waals surface area contributed by atoms with Crippen molar-refractivity contribution in [3.63, 3.8) is 0 Å². The lowest BCUT2D eigenvalue weighted by Crippen LogP contribution is -2.41. The van der Waals surface area contributed by atoms with Gasteiger partial charge in [-0.15, -0.1) is 0 Å². The minimum absolute atomic E-state index is 0.0747. The predicted octanol–water partition coefficient (Wildman–Crippen LogP) is 0.768. The van der Waals surface area contributed by atoms with Gasteiger partial charge >= 0.3 is 0 Å². The summed E-state index contributed by atoms with van der Waals surface area (Å²) in [4.78, 5) is 38.0. The van der Waals surface area contributed by atoms with Crippen LogP contribution in [-0.4, -0.2) is 88.1 Å². The number of anilines is 2. The first-order chi connectivity index (χ1) is 14.9. The summed E-state index contributed by atoms with van der Waals surface area (Å²) in [6.07, 6.45) is 5.35. The molecule has 1 aromatic heterocycles. The monoisotopic (exact) mass is 432 g/mol. The molecule has 4 heterocycles. The van der Waals surface area contributed by atoms with Gasteiger partial charge in [0.1, 0.15) is 0 Å². The number of rotatable bonds is 4. The highest BCUT2D eigenvalue weighted by molar-refractivity contribution is 5.94. The van der Waals surface area contributed by atoms with Crippen molar-refractivity contribution in [1.29, 1.82) is 0 Å². The number of halogens is 1. The van der Waals surface area contributed by atoms with Crippen molar-refractivity contribution in [1.82, 2.24) is 19.8 Å². The van der Waals surface area contributed by atoms with E-state index >= 15 is 0 Å². The Morgan fingerprint density at radius 3 is 2.58 bits per heavy atom. The summed E-state index contributed by atoms with van der Waals surface area (Å²) in [7, 11) is 0. The highest BCUT2D eigenvalue weighted by Crippen LogP contribution is 2.24. The number of likely N-dealkylation sites (tertiary alicyclic amines) is 2. The molecule has 2 fully saturated rings. The van der Waals surface area contributed by atoms with Crippen molar-refractivity contribution in [3.05, 3.63) is 23.7 Å². The smallest absolute Gasteiger partial charge is 0.251 e. The van der Waals surface area contributed by atoms with Crippen LogP contribution in [0.1, 0.15) is 32.6 Å². The third-order valence-corrected chi connectivity index (χ3v) is 6.17. The van der Waals surface area contributed by atoms with E-state index < -0.39 is 11.9 Å². The van der Waals surface area contributed by atoms with Gasteiger partial charge in [0, 0.05) is 57.8 Å². The maximum atomic E-state index is 14.6. The fraction of sp³-hybridized carbons (Fsp3) is 0.619. The first-order valence-electron chi connectivity index (χ1n) is 10.9. The van der Waals surface area contributed by atoms with Crippen LogP contribution in [0.3, 0.4) is 0 Å². The topological polar surface area (TPSA) is 102 Å². The Balaban J connectivity index is 1.41. The predicted molar refractivity (Wildman–Crippen MR) is 113 cm³/mol. The molecule has 10 heteroatoms. The standard InChI is InChI=1S/C21H29FN6O3/c1-14(29)26-8-4-16(5-9-26)24-21-23-11-18(22)19(25-21)27-7-2-3-15(12-27)20(31)28-10-6-17(30)13-28/h3,11,16-17,30H,2,4-10,12-13H2,1H3,(H,23,24,25). The molecule has 4 rings (SSSR count). The average Bonchev–Trinajstić information content (AvgIpc) is 3.21. The Hall–Kier alpha value is -2.75. The molecular weight excluding hydrogens is 403 g/mol. The number of amides is 2. The number of aliphatic hydroxyl groups excluding tert-OH is 1. The Labute approximate surface area is 180 Å². The van der Waals surface area contributed by atoms with Crippen LogP contribution in [0.25, 0.3) is 0 Å². The molecule has 168 valence electrons. The number of carbonyl (C=O) groups is 2. The van der Waals surface area contributed by atoms with Crippen LogP contribution >= 0.6 is 0 Å². The lowest BCUT2D eigenvalue weighted by molar-refractivity contribution is -0.129. The normalized spacial score (nSPS) is 22.5. The molecule has 0 radical (unpaired) electrons. The van der Waals surface area contributed by atoms with Gasteiger partial charge in [-0.05, 0) is 25.7 Å². The number of nitrogens with one attached hydrogen (secondary N) is 1. The second-order valence-electron chi connectivity index (χ2n) is 8.42. The summed E-state index contributed by atoms with van der Waals surface area (Å²) in [5.74, 6) is -0.0273. The van der Waals surface area contributed by atoms with E-state index in [9.17, 15) is 19.1 Å². The van der Waals surface area contributed by atoms with Crippen molar-refractivity contribution in [3.8, 4) is 0 Å². The molecule has 0 aliphatic carbocycles. The van der Waals surface area contributed by atoms with Gasteiger partial charge in [0.2, 0.25) is 11.9 Å². The molecule has 1 aromatic rings. The number of nitrogens with zero attached hydrogens (tertiary/aromatic N) is 5. The molecule has 31 heavy (non-hydrogen) atoms. The average molecular weight is 433 g/mol. The molecule has 0 bridgehead atoms. The number of aliphatic hydroxyl groups is 1. The van der Waals surface area contributed by atoms with E-state index in [1.807, 2.05) is 11.0 Å². The van der Waals surface area contributed by atoms with Crippen LogP contribution in [0.4, 0.5) is 16.2 Å². The Bertz CT molecular complexity index is 871. The zero-order chi connectivity index (χ0) is 22.0. The summed E-state index contributed by atoms with van der Waals surface area (Å²) in [6.45, 7) is 4.63. The highest BCUT2D eigenvalue weighted by Gasteiger charge is 2.30. The molecule has 2 amide bonds. The van der Waals surface area contributed by atoms with E-state index in [4.69, 9.17) is 0 Å². The fourth-order valence-electron chi connectivity index (χ4n) is 4.38. The molecule has 2 N–H and O–H groups in total. The molecule has 1 atom stereocenters. The summed E-state index contributed by atoms with van der Waals surface area (Å²) < 4.78 is 14.6. The number of hydrogen-bond acceptors (Lipinski definition) is 7. The van der Waals surface area contributed by atoms with Gasteiger partial charge in [0.15, 0.2) is 11.6 Å². The third-order valence-electron chi connectivity index (χ3n) is 6.17. The number of hydrogen-bond donors (Lipinski definition) is 2. The maximum Gasteiger partial charge on any atom is 0.251 e. The number of β-amino-alcohol motifs (C(OH)–C–C–N with tert-alkyl or cyclic N) is 1. The molecule has 9 nitrogen and oxygen atoms in total. The van der Waals surface area contributed by atoms with Crippen LogP contribution in [-0.2, 0) is 9.59 Å². The van der Waals surface area contributed by atoms with Gasteiger partial charge in [-0.25, -0.2) is 9.37 Å². The Morgan fingerprint density at radius 1 is 1.16 bits per heavy atom. The van der Waals surface area contributed by atoms with Crippen LogP contribution < -0.4 is 10.2 Å². The van der Waals surface area contributed by atoms with E-state index in [0.717, 1.165) is 19.0 Å². The van der Waals surface area contributed by atoms with E-state index in [0.29, 0.717) is 57.1 Å². The molecule has 3 aliphatic rings. The fourth-order valence-corrected chi connectivity index (χ4v) is 4.38. The van der Waals surface area contributed by atoms with E-state index in [1.165, 1.54) is 0 Å². The first kappa shape index (κ1) is 21.5. The summed E-state index contributed by atoms with van der Waals surface area (Å²) in [6, 6.07) is 0.119. The molecule has 3 aliphatic heterocycles. The summed E-state index contributed by atoms with van der Waals surface area (Å²) >= 11 is 0. The van der Waals surface area contributed by atoms with Crippen LogP contribution in [0.15, 0.2) is 17.8 Å². The zero-order valence-electron chi connectivity index (χ0n) is 17.8. The largest absolute Gasteiger partial charge is 0.391 e. The van der Waals surface area contributed by atoms with Gasteiger partial charge in [0.05, 0.1) is 12.3 Å². The van der Waals surface area contributed by atoms with Crippen LogP contribution in [0.5, 0.6) is 0 Å². The maximum absolute atomic E-state index is 14.6. The lowest BCUT2D eigenvalue weighted by atomic mass is 10.1. The van der Waals surface area contributed by atoms with Gasteiger partial charge in [-0.2, -0.15) is 4.98 Å². The van der Waals surface area contributed by atoms with Crippen molar-refractivity contribution < 1.29 is 19.1 Å². The highest BCUT2D eigenvalue weighted by atomic mass is 19.1. The zero-order valence-corrected chi connectivity index (χ0v) is 17.8. The second kappa shape index (κ2) is 9.17. The summed E-state index contributed by atoms with van der Waals surface area (Å²) in [5.41, 5.74) is 0.601. The Morgan fingerprint density at radius 2 is 1.90 bits per heavy atom. The van der Waals surface area contributed by atoms with E-state index in [2.05, 4.69) is 15.3 Å². The van der Waals surface area contributed by atoms with E-state index in [1.54, 1.807) is 16.7 Å². The quantitative estimate of drug-likeness (QED) is 0.725. The molecule has 0 spiro atoms. The van der Waals surface area contributed by atoms with Gasteiger partial charge < -0.3 is 25.1 Å². The SMILES string of the molecule is CC(=O)N1CCC(Nc2ncc(F)c(N3CCC=C(C(=O)N4CCC(O)C4)C3)n2)CC1. The van der Waals surface area contributed by atoms with Crippen molar-refractivity contribution in [2.24, 2.45) is 0 Å². The van der Waals surface area contributed by atoms with Crippen molar-refractivity contribution in [2.75, 3.05) is 49.5 Å². The molecular formula is C21H29FN6O3.